The van der Waals surface area contributed by atoms with E-state index in [-0.39, 0.29) is 29.2 Å². The summed E-state index contributed by atoms with van der Waals surface area (Å²) in [5.74, 6) is -0.354. The highest BCUT2D eigenvalue weighted by Crippen LogP contribution is 2.25. The fourth-order valence-electron chi connectivity index (χ4n) is 4.01. The summed E-state index contributed by atoms with van der Waals surface area (Å²) >= 11 is 0. The molecule has 1 amide bonds. The molecule has 0 aliphatic rings. The SMILES string of the molecule is CCn1c(=O)n(-c2ccc(F)cc2)c2nc(-c3ccc(OCc4ccccc4)cc3)nc(C(N)=O)c21. The van der Waals surface area contributed by atoms with Crippen LogP contribution in [-0.2, 0) is 13.2 Å². The van der Waals surface area contributed by atoms with Gasteiger partial charge in [0, 0.05) is 12.1 Å². The number of nitrogens with two attached hydrogens (primary N) is 1. The van der Waals surface area contributed by atoms with E-state index in [2.05, 4.69) is 9.97 Å². The molecule has 2 N–H and O–H groups in total. The molecule has 0 unspecified atom stereocenters. The van der Waals surface area contributed by atoms with Gasteiger partial charge in [0.25, 0.3) is 5.91 Å². The van der Waals surface area contributed by atoms with E-state index < -0.39 is 17.4 Å². The third-order valence-electron chi connectivity index (χ3n) is 5.76. The van der Waals surface area contributed by atoms with Crippen molar-refractivity contribution < 1.29 is 13.9 Å². The van der Waals surface area contributed by atoms with E-state index in [0.717, 1.165) is 5.56 Å². The predicted octanol–water partition coefficient (Wildman–Crippen LogP) is 4.09. The third kappa shape index (κ3) is 4.22. The number of carbonyl (C=O) groups is 1. The number of fused-ring (bicyclic) bond motifs is 1. The Bertz CT molecular complexity index is 1610. The van der Waals surface area contributed by atoms with E-state index >= 15 is 0 Å². The maximum absolute atomic E-state index is 13.5. The van der Waals surface area contributed by atoms with Crippen molar-refractivity contribution in [2.75, 3.05) is 0 Å². The standard InChI is InChI=1S/C27H22FN5O3/c1-2-32-23-22(24(29)34)30-25(31-26(23)33(27(32)35)20-12-10-19(28)11-13-20)18-8-14-21(15-9-18)36-16-17-6-4-3-5-7-17/h3-15H,2,16H2,1H3,(H2,29,34). The van der Waals surface area contributed by atoms with Gasteiger partial charge in [0.05, 0.1) is 5.69 Å². The molecule has 0 aliphatic heterocycles. The zero-order valence-electron chi connectivity index (χ0n) is 19.4. The van der Waals surface area contributed by atoms with E-state index in [1.165, 1.54) is 33.4 Å². The molecule has 2 heterocycles. The molecule has 8 nitrogen and oxygen atoms in total. The topological polar surface area (TPSA) is 105 Å². The first-order chi connectivity index (χ1) is 17.5. The minimum atomic E-state index is -0.787. The van der Waals surface area contributed by atoms with Gasteiger partial charge in [0.15, 0.2) is 17.2 Å². The van der Waals surface area contributed by atoms with Gasteiger partial charge in [-0.1, -0.05) is 30.3 Å². The van der Waals surface area contributed by atoms with Crippen LogP contribution in [0.3, 0.4) is 0 Å². The first kappa shape index (κ1) is 23.0. The van der Waals surface area contributed by atoms with E-state index in [1.54, 1.807) is 31.2 Å². The Kier molecular flexibility index (Phi) is 6.03. The zero-order chi connectivity index (χ0) is 25.2. The lowest BCUT2D eigenvalue weighted by Gasteiger charge is -2.09. The molecule has 0 bridgehead atoms. The van der Waals surface area contributed by atoms with Crippen LogP contribution in [0.15, 0.2) is 83.7 Å². The fraction of sp³-hybridized carbons (Fsp3) is 0.111. The van der Waals surface area contributed by atoms with Crippen LogP contribution < -0.4 is 16.2 Å². The van der Waals surface area contributed by atoms with Crippen molar-refractivity contribution in [1.29, 1.82) is 0 Å². The molecule has 0 fully saturated rings. The molecule has 180 valence electrons. The molecule has 0 atom stereocenters. The number of primary amides is 1. The van der Waals surface area contributed by atoms with Crippen LogP contribution in [0.25, 0.3) is 28.2 Å². The van der Waals surface area contributed by atoms with Gasteiger partial charge < -0.3 is 10.5 Å². The average molecular weight is 484 g/mol. The minimum absolute atomic E-state index is 0.0702. The highest BCUT2D eigenvalue weighted by atomic mass is 19.1. The molecule has 0 saturated heterocycles. The summed E-state index contributed by atoms with van der Waals surface area (Å²) in [6.45, 7) is 2.45. The lowest BCUT2D eigenvalue weighted by molar-refractivity contribution is 0.0997. The number of benzene rings is 3. The second-order valence-corrected chi connectivity index (χ2v) is 8.07. The normalized spacial score (nSPS) is 11.1. The second kappa shape index (κ2) is 9.46. The summed E-state index contributed by atoms with van der Waals surface area (Å²) in [6.07, 6.45) is 0. The van der Waals surface area contributed by atoms with Gasteiger partial charge in [-0.25, -0.2) is 23.7 Å². The van der Waals surface area contributed by atoms with Crippen LogP contribution >= 0.6 is 0 Å². The summed E-state index contributed by atoms with van der Waals surface area (Å²) in [5, 5.41) is 0. The Morgan fingerprint density at radius 2 is 1.67 bits per heavy atom. The summed E-state index contributed by atoms with van der Waals surface area (Å²) < 4.78 is 22.1. The molecule has 0 saturated carbocycles. The number of nitrogens with zero attached hydrogens (tertiary/aromatic N) is 4. The smallest absolute Gasteiger partial charge is 0.335 e. The molecule has 9 heteroatoms. The number of ether oxygens (including phenoxy) is 1. The molecule has 0 spiro atoms. The average Bonchev–Trinajstić information content (AvgIpc) is 3.19. The van der Waals surface area contributed by atoms with Crippen LogP contribution in [0.4, 0.5) is 4.39 Å². The largest absolute Gasteiger partial charge is 0.489 e. The number of hydrogen-bond donors (Lipinski definition) is 1. The Morgan fingerprint density at radius 3 is 2.31 bits per heavy atom. The quantitative estimate of drug-likeness (QED) is 0.376. The van der Waals surface area contributed by atoms with Crippen molar-refractivity contribution in [2.24, 2.45) is 5.73 Å². The Morgan fingerprint density at radius 1 is 0.972 bits per heavy atom. The zero-order valence-corrected chi connectivity index (χ0v) is 19.4. The van der Waals surface area contributed by atoms with Gasteiger partial charge in [-0.3, -0.25) is 9.36 Å². The van der Waals surface area contributed by atoms with Gasteiger partial charge >= 0.3 is 5.69 Å². The molecule has 36 heavy (non-hydrogen) atoms. The number of amides is 1. The van der Waals surface area contributed by atoms with Crippen LogP contribution in [0.1, 0.15) is 23.0 Å². The Labute approximate surface area is 205 Å². The molecular formula is C27H22FN5O3. The summed E-state index contributed by atoms with van der Waals surface area (Å²) in [5.41, 5.74) is 7.65. The van der Waals surface area contributed by atoms with Gasteiger partial charge in [0.1, 0.15) is 23.7 Å². The molecule has 5 aromatic rings. The van der Waals surface area contributed by atoms with Gasteiger partial charge in [-0.2, -0.15) is 0 Å². The monoisotopic (exact) mass is 483 g/mol. The Hall–Kier alpha value is -4.79. The maximum atomic E-state index is 13.5. The summed E-state index contributed by atoms with van der Waals surface area (Å²) in [4.78, 5) is 34.7. The summed E-state index contributed by atoms with van der Waals surface area (Å²) in [6, 6.07) is 22.3. The number of rotatable bonds is 7. The van der Waals surface area contributed by atoms with Crippen LogP contribution in [0, 0.1) is 5.82 Å². The maximum Gasteiger partial charge on any atom is 0.335 e. The second-order valence-electron chi connectivity index (χ2n) is 8.07. The fourth-order valence-corrected chi connectivity index (χ4v) is 4.01. The van der Waals surface area contributed by atoms with Crippen molar-refractivity contribution in [3.8, 4) is 22.8 Å². The van der Waals surface area contributed by atoms with Crippen LogP contribution in [-0.4, -0.2) is 25.0 Å². The van der Waals surface area contributed by atoms with Gasteiger partial charge in [-0.05, 0) is 61.0 Å². The van der Waals surface area contributed by atoms with Gasteiger partial charge in [-0.15, -0.1) is 0 Å². The van der Waals surface area contributed by atoms with Gasteiger partial charge in [0.2, 0.25) is 0 Å². The lowest BCUT2D eigenvalue weighted by Crippen LogP contribution is -2.23. The molecule has 5 rings (SSSR count). The number of aryl methyl sites for hydroxylation is 1. The van der Waals surface area contributed by atoms with E-state index in [4.69, 9.17) is 10.5 Å². The van der Waals surface area contributed by atoms with E-state index in [9.17, 15) is 14.0 Å². The predicted molar refractivity (Wildman–Crippen MR) is 133 cm³/mol. The number of hydrogen-bond acceptors (Lipinski definition) is 5. The molecule has 0 radical (unpaired) electrons. The Balaban J connectivity index is 1.60. The first-order valence-corrected chi connectivity index (χ1v) is 11.3. The minimum Gasteiger partial charge on any atom is -0.489 e. The van der Waals surface area contributed by atoms with Crippen molar-refractivity contribution in [3.05, 3.63) is 106 Å². The van der Waals surface area contributed by atoms with Crippen LogP contribution in [0.5, 0.6) is 5.75 Å². The van der Waals surface area contributed by atoms with Crippen LogP contribution in [0.2, 0.25) is 0 Å². The molecular weight excluding hydrogens is 461 g/mol. The molecule has 3 aromatic carbocycles. The van der Waals surface area contributed by atoms with Crippen molar-refractivity contribution in [3.63, 3.8) is 0 Å². The summed E-state index contributed by atoms with van der Waals surface area (Å²) in [7, 11) is 0. The van der Waals surface area contributed by atoms with E-state index in [0.29, 0.717) is 23.6 Å². The van der Waals surface area contributed by atoms with Crippen molar-refractivity contribution in [2.45, 2.75) is 20.1 Å². The number of imidazole rings is 1. The molecule has 0 aliphatic carbocycles. The highest BCUT2D eigenvalue weighted by molar-refractivity contribution is 6.02. The number of halogens is 1. The first-order valence-electron chi connectivity index (χ1n) is 11.3. The molecule has 2 aromatic heterocycles. The lowest BCUT2D eigenvalue weighted by atomic mass is 10.2. The van der Waals surface area contributed by atoms with Crippen molar-refractivity contribution in [1.82, 2.24) is 19.1 Å². The van der Waals surface area contributed by atoms with E-state index in [1.807, 2.05) is 30.3 Å². The third-order valence-corrected chi connectivity index (χ3v) is 5.76. The van der Waals surface area contributed by atoms with Crippen molar-refractivity contribution >= 4 is 17.1 Å². The number of aromatic nitrogens is 4. The number of carbonyl (C=O) groups excluding carboxylic acids is 1. The highest BCUT2D eigenvalue weighted by Gasteiger charge is 2.23.